The molecule has 1 fully saturated rings. The van der Waals surface area contributed by atoms with Crippen LogP contribution < -0.4 is 26.0 Å². The number of β-lactam (4-membered cyclic amide) rings is 1. The van der Waals surface area contributed by atoms with Crippen LogP contribution in [0, 0.1) is 11.5 Å². The van der Waals surface area contributed by atoms with E-state index in [0.29, 0.717) is 17.0 Å². The average molecular weight is 665 g/mol. The Labute approximate surface area is 268 Å². The molecule has 2 aliphatic rings. The molecule has 0 bridgehead atoms. The molecule has 5 heterocycles. The number of thiophene rings is 1. The Morgan fingerprint density at radius 3 is 2.73 bits per heavy atom. The van der Waals surface area contributed by atoms with Crippen LogP contribution in [0.25, 0.3) is 11.1 Å². The lowest BCUT2D eigenvalue weighted by Gasteiger charge is -2.50. The van der Waals surface area contributed by atoms with E-state index in [1.54, 1.807) is 36.7 Å². The van der Waals surface area contributed by atoms with Crippen molar-refractivity contribution in [1.82, 2.24) is 20.5 Å². The first-order valence-electron chi connectivity index (χ1n) is 13.3. The standard InChI is InChI=1S/C28H24N8O6S3/c1-2-42-34-20(18-13-45-28(30)32-18)24(38)33-21-25(39)36-22(27(40)41)16(11-44-26(21)36)4-3-7-35-8-5-15(6-9-35)17-10-19(43-12-17)23(37)31-14-29/h3-6,8-10,12-13,21,26H,2,7,11H2,1H3,(H4-,30,31,32,33,37,38,40,41)/b4-3+,34-20-/t21-,26-/m1/s1. The summed E-state index contributed by atoms with van der Waals surface area (Å²) < 4.78 is 1.87. The van der Waals surface area contributed by atoms with Gasteiger partial charge in [-0.2, -0.15) is 5.26 Å². The fourth-order valence-corrected chi connectivity index (χ4v) is 7.18. The maximum Gasteiger partial charge on any atom is 0.276 e. The lowest BCUT2D eigenvalue weighted by molar-refractivity contribution is -0.686. The molecule has 230 valence electrons. The second-order valence-corrected chi connectivity index (χ2v) is 12.3. The maximum absolute atomic E-state index is 13.1. The fraction of sp³-hybridized carbons (Fsp3) is 0.214. The number of nitrogens with one attached hydrogen (secondary N) is 2. The molecule has 5 rings (SSSR count). The third kappa shape index (κ3) is 6.72. The zero-order valence-corrected chi connectivity index (χ0v) is 25.9. The number of thioether (sulfide) groups is 1. The summed E-state index contributed by atoms with van der Waals surface area (Å²) in [5.74, 6) is -2.98. The number of nitrogen functional groups attached to an aromatic ring is 1. The van der Waals surface area contributed by atoms with Gasteiger partial charge in [0.15, 0.2) is 36.0 Å². The SMILES string of the molecule is CCO/N=C(\C(=O)N[C@@H]1C(=O)N2C(C(=O)[O-])=C(/C=C/C[n+]3ccc(-c4csc(C(=O)NC#N)c4)cc3)CS[C@H]12)c1csc(N)n1. The zero-order chi connectivity index (χ0) is 32.1. The number of carbonyl (C=O) groups is 4. The summed E-state index contributed by atoms with van der Waals surface area (Å²) >= 11 is 3.66. The van der Waals surface area contributed by atoms with Gasteiger partial charge in [0.25, 0.3) is 17.7 Å². The first-order chi connectivity index (χ1) is 21.7. The first-order valence-corrected chi connectivity index (χ1v) is 16.1. The number of thiazole rings is 1. The number of allylic oxidation sites excluding steroid dienone is 2. The first kappa shape index (κ1) is 31.4. The molecule has 1 saturated heterocycles. The van der Waals surface area contributed by atoms with Crippen LogP contribution in [0.15, 0.2) is 69.9 Å². The Bertz CT molecular complexity index is 1790. The monoisotopic (exact) mass is 664 g/mol. The zero-order valence-electron chi connectivity index (χ0n) is 23.5. The van der Waals surface area contributed by atoms with E-state index in [-0.39, 0.29) is 34.6 Å². The van der Waals surface area contributed by atoms with Crippen molar-refractivity contribution in [1.29, 1.82) is 5.26 Å². The van der Waals surface area contributed by atoms with Gasteiger partial charge in [0.05, 0.1) is 16.5 Å². The number of nitriles is 1. The van der Waals surface area contributed by atoms with Crippen molar-refractivity contribution in [2.24, 2.45) is 5.16 Å². The number of carboxylic acid groups (broad SMARTS) is 1. The van der Waals surface area contributed by atoms with Crippen LogP contribution in [-0.4, -0.2) is 63.1 Å². The minimum absolute atomic E-state index is 0.148. The topological polar surface area (TPSA) is 207 Å². The smallest absolute Gasteiger partial charge is 0.276 e. The number of carbonyl (C=O) groups excluding carboxylic acids is 4. The lowest BCUT2D eigenvalue weighted by Crippen LogP contribution is -2.71. The summed E-state index contributed by atoms with van der Waals surface area (Å²) in [5, 5.41) is 32.3. The summed E-state index contributed by atoms with van der Waals surface area (Å²) in [7, 11) is 0. The summed E-state index contributed by atoms with van der Waals surface area (Å²) in [4.78, 5) is 60.8. The van der Waals surface area contributed by atoms with E-state index in [1.165, 1.54) is 23.1 Å². The third-order valence-electron chi connectivity index (χ3n) is 6.59. The van der Waals surface area contributed by atoms with Gasteiger partial charge in [0.2, 0.25) is 0 Å². The summed E-state index contributed by atoms with van der Waals surface area (Å²) in [5.41, 5.74) is 7.61. The number of hydrogen-bond acceptors (Lipinski definition) is 13. The molecule has 3 aromatic heterocycles. The number of carboxylic acids is 1. The van der Waals surface area contributed by atoms with Crippen molar-refractivity contribution in [2.45, 2.75) is 24.9 Å². The Balaban J connectivity index is 1.24. The molecule has 14 nitrogen and oxygen atoms in total. The van der Waals surface area contributed by atoms with Crippen molar-refractivity contribution in [2.75, 3.05) is 18.1 Å². The number of nitrogens with two attached hydrogens (primary N) is 1. The minimum atomic E-state index is -1.50. The highest BCUT2D eigenvalue weighted by Crippen LogP contribution is 2.40. The highest BCUT2D eigenvalue weighted by atomic mass is 32.2. The molecule has 3 amide bonds. The Kier molecular flexibility index (Phi) is 9.56. The molecule has 2 aliphatic heterocycles. The number of oxime groups is 1. The van der Waals surface area contributed by atoms with Gasteiger partial charge in [-0.3, -0.25) is 24.6 Å². The van der Waals surface area contributed by atoms with Crippen LogP contribution in [-0.2, 0) is 25.8 Å². The van der Waals surface area contributed by atoms with Crippen LogP contribution >= 0.6 is 34.4 Å². The van der Waals surface area contributed by atoms with E-state index < -0.39 is 35.1 Å². The van der Waals surface area contributed by atoms with Gasteiger partial charge < -0.3 is 25.8 Å². The predicted octanol–water partition coefficient (Wildman–Crippen LogP) is 0.353. The molecule has 2 atom stereocenters. The number of fused-ring (bicyclic) bond motifs is 1. The molecule has 0 spiro atoms. The van der Waals surface area contributed by atoms with Gasteiger partial charge in [0.1, 0.15) is 23.7 Å². The molecule has 45 heavy (non-hydrogen) atoms. The Morgan fingerprint density at radius 1 is 1.29 bits per heavy atom. The van der Waals surface area contributed by atoms with Crippen LogP contribution in [0.2, 0.25) is 0 Å². The van der Waals surface area contributed by atoms with Crippen molar-refractivity contribution < 1.29 is 33.7 Å². The number of pyridine rings is 1. The molecular weight excluding hydrogens is 641 g/mol. The van der Waals surface area contributed by atoms with Crippen molar-refractivity contribution >= 4 is 69.0 Å². The number of nitrogens with zero attached hydrogens (tertiary/aromatic N) is 5. The van der Waals surface area contributed by atoms with Crippen molar-refractivity contribution in [3.63, 3.8) is 0 Å². The largest absolute Gasteiger partial charge is 0.543 e. The summed E-state index contributed by atoms with van der Waals surface area (Å²) in [6.45, 7) is 2.31. The van der Waals surface area contributed by atoms with E-state index in [0.717, 1.165) is 27.4 Å². The molecule has 0 aromatic carbocycles. The summed E-state index contributed by atoms with van der Waals surface area (Å²) in [6.07, 6.45) is 8.70. The van der Waals surface area contributed by atoms with Gasteiger partial charge in [-0.25, -0.2) is 9.55 Å². The number of hydrogen-bond donors (Lipinski definition) is 3. The van der Waals surface area contributed by atoms with Crippen LogP contribution in [0.1, 0.15) is 22.3 Å². The number of aliphatic carboxylic acids is 1. The second-order valence-electron chi connectivity index (χ2n) is 9.40. The number of rotatable bonds is 11. The summed E-state index contributed by atoms with van der Waals surface area (Å²) in [6, 6.07) is 4.46. The molecule has 0 aliphatic carbocycles. The maximum atomic E-state index is 13.1. The molecule has 17 heteroatoms. The van der Waals surface area contributed by atoms with Crippen LogP contribution in [0.3, 0.4) is 0 Å². The van der Waals surface area contributed by atoms with Crippen LogP contribution in [0.5, 0.6) is 0 Å². The normalized spacial score (nSPS) is 17.8. The number of aromatic nitrogens is 2. The van der Waals surface area contributed by atoms with Gasteiger partial charge in [-0.15, -0.1) is 34.4 Å². The van der Waals surface area contributed by atoms with E-state index in [4.69, 9.17) is 15.8 Å². The fourth-order valence-electron chi connectivity index (χ4n) is 4.51. The minimum Gasteiger partial charge on any atom is -0.543 e. The molecule has 3 aromatic rings. The highest BCUT2D eigenvalue weighted by molar-refractivity contribution is 8.00. The molecule has 0 radical (unpaired) electrons. The van der Waals surface area contributed by atoms with E-state index in [2.05, 4.69) is 20.8 Å². The average Bonchev–Trinajstić information content (AvgIpc) is 3.70. The predicted molar refractivity (Wildman–Crippen MR) is 164 cm³/mol. The second kappa shape index (κ2) is 13.7. The van der Waals surface area contributed by atoms with Crippen molar-refractivity contribution in [3.05, 3.63) is 75.3 Å². The quantitative estimate of drug-likeness (QED) is 0.0640. The van der Waals surface area contributed by atoms with E-state index in [9.17, 15) is 24.3 Å². The number of amides is 3. The Morgan fingerprint density at radius 2 is 2.07 bits per heavy atom. The van der Waals surface area contributed by atoms with Gasteiger partial charge >= 0.3 is 0 Å². The molecule has 0 saturated carbocycles. The third-order valence-corrected chi connectivity index (χ3v) is 9.50. The van der Waals surface area contributed by atoms with E-state index in [1.807, 2.05) is 34.5 Å². The van der Waals surface area contributed by atoms with Gasteiger partial charge in [-0.1, -0.05) is 11.2 Å². The van der Waals surface area contributed by atoms with Gasteiger partial charge in [-0.05, 0) is 41.1 Å². The van der Waals surface area contributed by atoms with E-state index >= 15 is 0 Å². The van der Waals surface area contributed by atoms with Gasteiger partial charge in [0, 0.05) is 23.3 Å². The van der Waals surface area contributed by atoms with Crippen LogP contribution in [0.4, 0.5) is 5.13 Å². The molecule has 0 unspecified atom stereocenters. The highest BCUT2D eigenvalue weighted by Gasteiger charge is 2.53. The Hall–Kier alpha value is -5.05. The lowest BCUT2D eigenvalue weighted by atomic mass is 10.0. The van der Waals surface area contributed by atoms with Crippen molar-refractivity contribution in [3.8, 4) is 17.3 Å². The molecule has 4 N–H and O–H groups in total. The number of anilines is 1. The molecular formula is C28H24N8O6S3.